The molecule has 0 amide bonds. The molecule has 0 saturated carbocycles. The Morgan fingerprint density at radius 3 is 2.37 bits per heavy atom. The average Bonchev–Trinajstić information content (AvgIpc) is 2.76. The second-order valence-electron chi connectivity index (χ2n) is 3.44. The standard InChI is InChI=1S/C10H7F3N2O3S/c11-10(12,13)19(16,17)18-9-6-14-15(7-9)8-4-2-1-3-5-8/h1-7H. The van der Waals surface area contributed by atoms with Gasteiger partial charge < -0.3 is 4.18 Å². The monoisotopic (exact) mass is 292 g/mol. The Morgan fingerprint density at radius 1 is 1.16 bits per heavy atom. The smallest absolute Gasteiger partial charge is 0.373 e. The third-order valence-electron chi connectivity index (χ3n) is 2.07. The van der Waals surface area contributed by atoms with Crippen LogP contribution in [0.2, 0.25) is 0 Å². The van der Waals surface area contributed by atoms with Crippen molar-refractivity contribution >= 4 is 10.1 Å². The van der Waals surface area contributed by atoms with Gasteiger partial charge in [0.2, 0.25) is 0 Å². The van der Waals surface area contributed by atoms with Crippen LogP contribution in [0.5, 0.6) is 5.75 Å². The molecule has 0 saturated heterocycles. The van der Waals surface area contributed by atoms with Crippen LogP contribution in [0.15, 0.2) is 42.7 Å². The van der Waals surface area contributed by atoms with E-state index in [1.165, 1.54) is 4.68 Å². The summed E-state index contributed by atoms with van der Waals surface area (Å²) in [5.74, 6) is -0.513. The predicted molar refractivity (Wildman–Crippen MR) is 59.2 cm³/mol. The van der Waals surface area contributed by atoms with Crippen molar-refractivity contribution in [3.63, 3.8) is 0 Å². The molecule has 0 atom stereocenters. The fourth-order valence-corrected chi connectivity index (χ4v) is 1.68. The lowest BCUT2D eigenvalue weighted by molar-refractivity contribution is -0.0500. The molecular formula is C10H7F3N2O3S. The maximum atomic E-state index is 12.1. The van der Waals surface area contributed by atoms with Gasteiger partial charge in [0.05, 0.1) is 18.1 Å². The van der Waals surface area contributed by atoms with E-state index in [0.717, 1.165) is 12.4 Å². The molecule has 9 heteroatoms. The number of halogens is 3. The van der Waals surface area contributed by atoms with Gasteiger partial charge in [-0.15, -0.1) is 0 Å². The Hall–Kier alpha value is -2.03. The van der Waals surface area contributed by atoms with Gasteiger partial charge in [-0.25, -0.2) is 4.68 Å². The van der Waals surface area contributed by atoms with E-state index in [2.05, 4.69) is 9.28 Å². The molecule has 5 nitrogen and oxygen atoms in total. The fourth-order valence-electron chi connectivity index (χ4n) is 1.25. The van der Waals surface area contributed by atoms with Crippen LogP contribution in [0.1, 0.15) is 0 Å². The summed E-state index contributed by atoms with van der Waals surface area (Å²) in [6.45, 7) is 0. The second kappa shape index (κ2) is 4.57. The van der Waals surface area contributed by atoms with Crippen LogP contribution in [-0.4, -0.2) is 23.7 Å². The quantitative estimate of drug-likeness (QED) is 0.642. The largest absolute Gasteiger partial charge is 0.534 e. The molecule has 1 aromatic carbocycles. The molecule has 0 unspecified atom stereocenters. The van der Waals surface area contributed by atoms with Gasteiger partial charge >= 0.3 is 15.6 Å². The highest BCUT2D eigenvalue weighted by molar-refractivity contribution is 7.87. The highest BCUT2D eigenvalue weighted by atomic mass is 32.2. The first-order valence-corrected chi connectivity index (χ1v) is 6.31. The summed E-state index contributed by atoms with van der Waals surface area (Å²) in [6, 6.07) is 8.44. The Morgan fingerprint density at radius 2 is 1.79 bits per heavy atom. The van der Waals surface area contributed by atoms with E-state index >= 15 is 0 Å². The maximum Gasteiger partial charge on any atom is 0.534 e. The first-order chi connectivity index (χ1) is 8.79. The lowest BCUT2D eigenvalue weighted by atomic mass is 10.3. The zero-order valence-electron chi connectivity index (χ0n) is 9.20. The Labute approximate surface area is 106 Å². The lowest BCUT2D eigenvalue weighted by Gasteiger charge is -2.06. The first-order valence-electron chi connectivity index (χ1n) is 4.90. The van der Waals surface area contributed by atoms with Crippen molar-refractivity contribution in [1.82, 2.24) is 9.78 Å². The molecule has 0 N–H and O–H groups in total. The summed E-state index contributed by atoms with van der Waals surface area (Å²) < 4.78 is 63.0. The summed E-state index contributed by atoms with van der Waals surface area (Å²) in [5.41, 5.74) is -4.91. The van der Waals surface area contributed by atoms with E-state index in [9.17, 15) is 21.6 Å². The van der Waals surface area contributed by atoms with Gasteiger partial charge in [-0.05, 0) is 12.1 Å². The molecular weight excluding hydrogens is 285 g/mol. The normalized spacial score (nSPS) is 12.4. The van der Waals surface area contributed by atoms with Crippen molar-refractivity contribution in [2.45, 2.75) is 5.51 Å². The molecule has 0 aliphatic carbocycles. The summed E-state index contributed by atoms with van der Waals surface area (Å²) in [4.78, 5) is 0. The van der Waals surface area contributed by atoms with E-state index in [4.69, 9.17) is 0 Å². The molecule has 2 rings (SSSR count). The molecule has 0 aliphatic heterocycles. The van der Waals surface area contributed by atoms with Crippen LogP contribution in [0, 0.1) is 0 Å². The number of aromatic nitrogens is 2. The Bertz CT molecular complexity index is 665. The molecule has 19 heavy (non-hydrogen) atoms. The van der Waals surface area contributed by atoms with Crippen molar-refractivity contribution in [3.05, 3.63) is 42.7 Å². The van der Waals surface area contributed by atoms with Crippen LogP contribution in [0.25, 0.3) is 5.69 Å². The molecule has 0 radical (unpaired) electrons. The van der Waals surface area contributed by atoms with Gasteiger partial charge in [0.1, 0.15) is 0 Å². The van der Waals surface area contributed by atoms with E-state index < -0.39 is 21.4 Å². The highest BCUT2D eigenvalue weighted by Gasteiger charge is 2.48. The van der Waals surface area contributed by atoms with Gasteiger partial charge in [0, 0.05) is 0 Å². The van der Waals surface area contributed by atoms with Crippen LogP contribution in [0.3, 0.4) is 0 Å². The van der Waals surface area contributed by atoms with E-state index in [-0.39, 0.29) is 0 Å². The zero-order chi connectivity index (χ0) is 14.1. The van der Waals surface area contributed by atoms with Crippen LogP contribution in [0.4, 0.5) is 13.2 Å². The third kappa shape index (κ3) is 2.87. The van der Waals surface area contributed by atoms with Crippen molar-refractivity contribution in [2.75, 3.05) is 0 Å². The summed E-state index contributed by atoms with van der Waals surface area (Å²) in [7, 11) is -5.67. The number of nitrogens with zero attached hydrogens (tertiary/aromatic N) is 2. The Balaban J connectivity index is 2.24. The van der Waals surface area contributed by atoms with E-state index in [1.807, 2.05) is 0 Å². The van der Waals surface area contributed by atoms with Crippen molar-refractivity contribution in [2.24, 2.45) is 0 Å². The van der Waals surface area contributed by atoms with Crippen molar-refractivity contribution in [3.8, 4) is 11.4 Å². The molecule has 0 bridgehead atoms. The van der Waals surface area contributed by atoms with Gasteiger partial charge in [0.25, 0.3) is 0 Å². The topological polar surface area (TPSA) is 61.2 Å². The highest BCUT2D eigenvalue weighted by Crippen LogP contribution is 2.26. The van der Waals surface area contributed by atoms with Crippen molar-refractivity contribution < 1.29 is 25.8 Å². The van der Waals surface area contributed by atoms with Crippen LogP contribution < -0.4 is 4.18 Å². The van der Waals surface area contributed by atoms with Crippen molar-refractivity contribution in [1.29, 1.82) is 0 Å². The minimum absolute atomic E-state index is 0.513. The number of rotatable bonds is 3. The molecule has 0 fully saturated rings. The summed E-state index contributed by atoms with van der Waals surface area (Å²) in [5, 5.41) is 3.71. The van der Waals surface area contributed by atoms with Crippen LogP contribution in [-0.2, 0) is 10.1 Å². The third-order valence-corrected chi connectivity index (χ3v) is 3.05. The predicted octanol–water partition coefficient (Wildman–Crippen LogP) is 2.10. The molecule has 1 aromatic heterocycles. The number of benzene rings is 1. The van der Waals surface area contributed by atoms with Gasteiger partial charge in [-0.2, -0.15) is 26.7 Å². The van der Waals surface area contributed by atoms with Gasteiger partial charge in [0.15, 0.2) is 5.75 Å². The molecule has 0 spiro atoms. The van der Waals surface area contributed by atoms with Gasteiger partial charge in [-0.1, -0.05) is 18.2 Å². The molecule has 102 valence electrons. The van der Waals surface area contributed by atoms with E-state index in [0.29, 0.717) is 5.69 Å². The zero-order valence-corrected chi connectivity index (χ0v) is 10.0. The molecule has 0 aliphatic rings. The number of para-hydroxylation sites is 1. The lowest BCUT2D eigenvalue weighted by Crippen LogP contribution is -2.27. The number of alkyl halides is 3. The van der Waals surface area contributed by atoms with Gasteiger partial charge in [-0.3, -0.25) is 0 Å². The van der Waals surface area contributed by atoms with Crippen LogP contribution >= 0.6 is 0 Å². The number of hydrogen-bond donors (Lipinski definition) is 0. The van der Waals surface area contributed by atoms with E-state index in [1.54, 1.807) is 30.3 Å². The minimum Gasteiger partial charge on any atom is -0.373 e. The molecule has 2 aromatic rings. The number of hydrogen-bond acceptors (Lipinski definition) is 4. The minimum atomic E-state index is -5.67. The summed E-state index contributed by atoms with van der Waals surface area (Å²) >= 11 is 0. The SMILES string of the molecule is O=S(=O)(Oc1cnn(-c2ccccc2)c1)C(F)(F)F. The molecule has 1 heterocycles. The first kappa shape index (κ1) is 13.4. The summed E-state index contributed by atoms with van der Waals surface area (Å²) in [6.07, 6.45) is 1.93. The maximum absolute atomic E-state index is 12.1. The second-order valence-corrected chi connectivity index (χ2v) is 4.98. The fraction of sp³-hybridized carbons (Fsp3) is 0.100. The Kier molecular flexibility index (Phi) is 3.23. The average molecular weight is 292 g/mol.